The van der Waals surface area contributed by atoms with Crippen LogP contribution in [0.15, 0.2) is 63.6 Å². The van der Waals surface area contributed by atoms with E-state index in [0.29, 0.717) is 29.5 Å². The predicted octanol–water partition coefficient (Wildman–Crippen LogP) is 3.18. The largest absolute Gasteiger partial charge is 0.494 e. The van der Waals surface area contributed by atoms with Gasteiger partial charge in [0, 0.05) is 0 Å². The molecule has 1 heterocycles. The Morgan fingerprint density at radius 2 is 1.90 bits per heavy atom. The van der Waals surface area contributed by atoms with E-state index in [1.807, 2.05) is 13.8 Å². The van der Waals surface area contributed by atoms with Crippen LogP contribution < -0.4 is 14.2 Å². The minimum Gasteiger partial charge on any atom is -0.494 e. The monoisotopic (exact) mass is 447 g/mol. The number of amidine groups is 1. The normalized spacial score (nSPS) is 18.0. The molecule has 1 aliphatic heterocycles. The van der Waals surface area contributed by atoms with Gasteiger partial charge < -0.3 is 14.2 Å². The molecule has 1 fully saturated rings. The van der Waals surface area contributed by atoms with E-state index in [9.17, 15) is 13.2 Å². The number of carbonyl (C=O) groups excluding carboxylic acids is 1. The van der Waals surface area contributed by atoms with Crippen LogP contribution in [0.25, 0.3) is 0 Å². The molecule has 0 saturated carbocycles. The third-order valence-corrected chi connectivity index (χ3v) is 6.49. The van der Waals surface area contributed by atoms with Crippen LogP contribution in [-0.4, -0.2) is 37.6 Å². The number of carbonyl (C=O) groups is 1. The smallest absolute Gasteiger partial charge is 0.339 e. The molecule has 1 atom stereocenters. The molecule has 1 aliphatic rings. The number of rotatable bonds is 8. The van der Waals surface area contributed by atoms with Gasteiger partial charge in [0.2, 0.25) is 5.91 Å². The molecule has 1 amide bonds. The van der Waals surface area contributed by atoms with Gasteiger partial charge in [0.15, 0.2) is 5.17 Å². The van der Waals surface area contributed by atoms with Crippen molar-refractivity contribution in [1.29, 1.82) is 0 Å². The molecule has 2 aromatic rings. The predicted molar refractivity (Wildman–Crippen MR) is 117 cm³/mol. The van der Waals surface area contributed by atoms with Crippen molar-refractivity contribution in [1.82, 2.24) is 5.32 Å². The van der Waals surface area contributed by atoms with Gasteiger partial charge in [-0.3, -0.25) is 4.79 Å². The average Bonchev–Trinajstić information content (AvgIpc) is 3.08. The Morgan fingerprint density at radius 1 is 1.13 bits per heavy atom. The number of benzene rings is 2. The second-order valence-electron chi connectivity index (χ2n) is 6.17. The van der Waals surface area contributed by atoms with Gasteiger partial charge in [-0.1, -0.05) is 30.8 Å². The van der Waals surface area contributed by atoms with Crippen molar-refractivity contribution in [3.63, 3.8) is 0 Å². The summed E-state index contributed by atoms with van der Waals surface area (Å²) in [5.74, 6) is 0.652. The molecule has 0 radical (unpaired) electrons. The molecule has 0 bridgehead atoms. The molecule has 2 aromatic carbocycles. The molecule has 0 aromatic heterocycles. The Kier molecular flexibility index (Phi) is 7.11. The summed E-state index contributed by atoms with van der Waals surface area (Å²) < 4.78 is 35.5. The molecule has 0 aliphatic carbocycles. The van der Waals surface area contributed by atoms with Crippen molar-refractivity contribution >= 4 is 39.2 Å². The Bertz CT molecular complexity index is 1070. The van der Waals surface area contributed by atoms with Gasteiger partial charge in [0.1, 0.15) is 16.4 Å². The zero-order chi connectivity index (χ0) is 21.6. The highest BCUT2D eigenvalue weighted by Gasteiger charge is 2.28. The van der Waals surface area contributed by atoms with E-state index in [4.69, 9.17) is 8.92 Å². The van der Waals surface area contributed by atoms with Gasteiger partial charge in [0.05, 0.1) is 18.1 Å². The van der Waals surface area contributed by atoms with E-state index >= 15 is 0 Å². The maximum atomic E-state index is 12.5. The van der Waals surface area contributed by atoms with Crippen LogP contribution in [0, 0.1) is 0 Å². The molecular formula is C20H21N3O5S2. The highest BCUT2D eigenvalue weighted by Crippen LogP contribution is 2.23. The Balaban J connectivity index is 1.68. The van der Waals surface area contributed by atoms with Gasteiger partial charge in [0.25, 0.3) is 0 Å². The molecule has 1 saturated heterocycles. The number of amides is 1. The molecule has 0 spiro atoms. The molecule has 1 N–H and O–H groups in total. The van der Waals surface area contributed by atoms with Crippen molar-refractivity contribution < 1.29 is 22.1 Å². The van der Waals surface area contributed by atoms with Crippen LogP contribution in [0.4, 0.5) is 0 Å². The van der Waals surface area contributed by atoms with Crippen LogP contribution >= 0.6 is 11.8 Å². The van der Waals surface area contributed by atoms with Crippen LogP contribution in [-0.2, 0) is 14.9 Å². The zero-order valence-corrected chi connectivity index (χ0v) is 18.1. The topological polar surface area (TPSA) is 106 Å². The molecule has 30 heavy (non-hydrogen) atoms. The van der Waals surface area contributed by atoms with E-state index in [2.05, 4.69) is 15.5 Å². The average molecular weight is 448 g/mol. The summed E-state index contributed by atoms with van der Waals surface area (Å²) in [6.45, 7) is 4.27. The second kappa shape index (κ2) is 9.77. The minimum absolute atomic E-state index is 0.0240. The van der Waals surface area contributed by atoms with E-state index in [1.165, 1.54) is 42.2 Å². The summed E-state index contributed by atoms with van der Waals surface area (Å²) in [7, 11) is -3.99. The third-order valence-electron chi connectivity index (χ3n) is 3.99. The van der Waals surface area contributed by atoms with E-state index in [-0.39, 0.29) is 21.8 Å². The summed E-state index contributed by atoms with van der Waals surface area (Å²) in [6.07, 6.45) is 2.16. The van der Waals surface area contributed by atoms with Gasteiger partial charge in [-0.15, -0.1) is 5.10 Å². The molecule has 10 heteroatoms. The number of hydrogen-bond acceptors (Lipinski definition) is 8. The van der Waals surface area contributed by atoms with Gasteiger partial charge in [-0.05, 0) is 55.3 Å². The maximum absolute atomic E-state index is 12.5. The van der Waals surface area contributed by atoms with E-state index in [1.54, 1.807) is 24.3 Å². The van der Waals surface area contributed by atoms with Crippen molar-refractivity contribution in [3.05, 3.63) is 54.1 Å². The molecule has 3 rings (SSSR count). The molecule has 1 unspecified atom stereocenters. The molecule has 8 nitrogen and oxygen atoms in total. The Hall–Kier alpha value is -2.85. The first-order valence-corrected chi connectivity index (χ1v) is 11.6. The second-order valence-corrected chi connectivity index (χ2v) is 8.91. The quantitative estimate of drug-likeness (QED) is 0.378. The fourth-order valence-electron chi connectivity index (χ4n) is 2.56. The summed E-state index contributed by atoms with van der Waals surface area (Å²) in [6, 6.07) is 12.5. The molecular weight excluding hydrogens is 426 g/mol. The minimum atomic E-state index is -3.99. The van der Waals surface area contributed by atoms with Gasteiger partial charge in [-0.2, -0.15) is 13.5 Å². The fourth-order valence-corrected chi connectivity index (χ4v) is 4.34. The lowest BCUT2D eigenvalue weighted by Crippen LogP contribution is -2.24. The first-order chi connectivity index (χ1) is 14.4. The van der Waals surface area contributed by atoms with E-state index < -0.39 is 10.1 Å². The summed E-state index contributed by atoms with van der Waals surface area (Å²) >= 11 is 1.33. The van der Waals surface area contributed by atoms with Crippen LogP contribution in [0.3, 0.4) is 0 Å². The van der Waals surface area contributed by atoms with Crippen LogP contribution in [0.5, 0.6) is 11.5 Å². The first kappa shape index (κ1) is 21.8. The summed E-state index contributed by atoms with van der Waals surface area (Å²) in [5.41, 5.74) is 0.597. The fraction of sp³-hybridized carbons (Fsp3) is 0.250. The SMILES string of the molecule is CCOc1ccc(S(=O)(=O)Oc2cccc(/C=N/N=C3/NC(=O)C(CC)S3)c2)cc1. The summed E-state index contributed by atoms with van der Waals surface area (Å²) in [5, 5.41) is 10.9. The van der Waals surface area contributed by atoms with Crippen molar-refractivity contribution in [2.45, 2.75) is 30.4 Å². The van der Waals surface area contributed by atoms with Crippen molar-refractivity contribution in [2.75, 3.05) is 6.61 Å². The number of hydrogen-bond donors (Lipinski definition) is 1. The van der Waals surface area contributed by atoms with Crippen LogP contribution in [0.1, 0.15) is 25.8 Å². The number of ether oxygens (including phenoxy) is 1. The zero-order valence-electron chi connectivity index (χ0n) is 16.4. The summed E-state index contributed by atoms with van der Waals surface area (Å²) in [4.78, 5) is 11.7. The number of nitrogens with one attached hydrogen (secondary N) is 1. The number of nitrogens with zero attached hydrogens (tertiary/aromatic N) is 2. The Labute approximate surface area is 179 Å². The van der Waals surface area contributed by atoms with Gasteiger partial charge >= 0.3 is 10.1 Å². The molecule has 158 valence electrons. The lowest BCUT2D eigenvalue weighted by atomic mass is 10.2. The third kappa shape index (κ3) is 5.61. The lowest BCUT2D eigenvalue weighted by Gasteiger charge is -2.08. The number of thioether (sulfide) groups is 1. The highest BCUT2D eigenvalue weighted by molar-refractivity contribution is 8.15. The standard InChI is InChI=1S/C20H21N3O5S2/c1-3-18-19(24)22-20(29-18)23-21-13-14-6-5-7-16(12-14)28-30(25,26)17-10-8-15(9-11-17)27-4-2/h5-13,18H,3-4H2,1-2H3,(H,22,23,24)/b21-13+. The van der Waals surface area contributed by atoms with Gasteiger partial charge in [-0.25, -0.2) is 0 Å². The lowest BCUT2D eigenvalue weighted by molar-refractivity contribution is -0.118. The van der Waals surface area contributed by atoms with Crippen LogP contribution in [0.2, 0.25) is 0 Å². The maximum Gasteiger partial charge on any atom is 0.339 e. The Morgan fingerprint density at radius 3 is 2.57 bits per heavy atom. The first-order valence-electron chi connectivity index (χ1n) is 9.27. The van der Waals surface area contributed by atoms with Crippen molar-refractivity contribution in [3.8, 4) is 11.5 Å². The highest BCUT2D eigenvalue weighted by atomic mass is 32.2. The van der Waals surface area contributed by atoms with Crippen molar-refractivity contribution in [2.24, 2.45) is 10.2 Å². The van der Waals surface area contributed by atoms with E-state index in [0.717, 1.165) is 0 Å².